The number of amides is 2. The zero-order chi connectivity index (χ0) is 19.7. The first kappa shape index (κ1) is 18.9. The Morgan fingerprint density at radius 2 is 1.93 bits per heavy atom. The minimum Gasteiger partial charge on any atom is -0.351 e. The van der Waals surface area contributed by atoms with E-state index in [9.17, 15) is 14.4 Å². The maximum atomic E-state index is 12.6. The van der Waals surface area contributed by atoms with Crippen LogP contribution in [0.25, 0.3) is 0 Å². The lowest BCUT2D eigenvalue weighted by atomic mass is 10.1. The number of aromatic amines is 1. The van der Waals surface area contributed by atoms with Crippen LogP contribution in [-0.4, -0.2) is 23.3 Å². The summed E-state index contributed by atoms with van der Waals surface area (Å²) in [5, 5.41) is 2.82. The molecule has 1 aliphatic rings. The third-order valence-corrected chi connectivity index (χ3v) is 5.30. The molecule has 0 spiro atoms. The van der Waals surface area contributed by atoms with Crippen LogP contribution in [-0.2, 0) is 16.1 Å². The molecule has 3 rings (SSSR count). The smallest absolute Gasteiger partial charge is 0.253 e. The first-order valence-corrected chi connectivity index (χ1v) is 9.11. The maximum absolute atomic E-state index is 12.6. The minimum atomic E-state index is -0.415. The highest BCUT2D eigenvalue weighted by Crippen LogP contribution is 2.29. The van der Waals surface area contributed by atoms with Crippen molar-refractivity contribution in [3.8, 4) is 0 Å². The Hall–Kier alpha value is -2.89. The number of aryl methyl sites for hydroxylation is 3. The van der Waals surface area contributed by atoms with E-state index < -0.39 is 5.92 Å². The predicted molar refractivity (Wildman–Crippen MR) is 105 cm³/mol. The van der Waals surface area contributed by atoms with E-state index >= 15 is 0 Å². The van der Waals surface area contributed by atoms with Gasteiger partial charge in [-0.2, -0.15) is 0 Å². The molecule has 2 aromatic rings. The van der Waals surface area contributed by atoms with Crippen molar-refractivity contribution in [1.82, 2.24) is 10.3 Å². The lowest BCUT2D eigenvalue weighted by molar-refractivity contribution is -0.126. The highest BCUT2D eigenvalue weighted by Gasteiger charge is 2.35. The number of carbonyl (C=O) groups is 2. The standard InChI is InChI=1S/C21H25N3O3/c1-12-6-5-7-18(15(12)4)24-11-16(9-19(24)25)20(26)22-10-17-13(2)8-14(3)23-21(17)27/h5-8,16H,9-11H2,1-4H3,(H,22,26)(H,23,27). The number of anilines is 1. The third kappa shape index (κ3) is 3.79. The first-order valence-electron chi connectivity index (χ1n) is 9.11. The van der Waals surface area contributed by atoms with Gasteiger partial charge in [-0.3, -0.25) is 14.4 Å². The third-order valence-electron chi connectivity index (χ3n) is 5.30. The molecular formula is C21H25N3O3. The summed E-state index contributed by atoms with van der Waals surface area (Å²) in [5.74, 6) is -0.661. The van der Waals surface area contributed by atoms with Gasteiger partial charge in [0.2, 0.25) is 11.8 Å². The van der Waals surface area contributed by atoms with Gasteiger partial charge in [-0.15, -0.1) is 0 Å². The van der Waals surface area contributed by atoms with Crippen molar-refractivity contribution < 1.29 is 9.59 Å². The fourth-order valence-corrected chi connectivity index (χ4v) is 3.57. The van der Waals surface area contributed by atoms with E-state index in [0.29, 0.717) is 12.1 Å². The number of benzene rings is 1. The Labute approximate surface area is 158 Å². The summed E-state index contributed by atoms with van der Waals surface area (Å²) in [6.45, 7) is 8.18. The highest BCUT2D eigenvalue weighted by atomic mass is 16.2. The van der Waals surface area contributed by atoms with Gasteiger partial charge in [-0.1, -0.05) is 12.1 Å². The molecule has 0 saturated carbocycles. The normalized spacial score (nSPS) is 16.7. The van der Waals surface area contributed by atoms with Gasteiger partial charge in [-0.05, 0) is 56.5 Å². The fraction of sp³-hybridized carbons (Fsp3) is 0.381. The molecule has 27 heavy (non-hydrogen) atoms. The average molecular weight is 367 g/mol. The van der Waals surface area contributed by atoms with Crippen LogP contribution in [0.3, 0.4) is 0 Å². The van der Waals surface area contributed by atoms with Gasteiger partial charge in [0.05, 0.1) is 5.92 Å². The molecular weight excluding hydrogens is 342 g/mol. The lowest BCUT2D eigenvalue weighted by Gasteiger charge is -2.20. The van der Waals surface area contributed by atoms with Gasteiger partial charge >= 0.3 is 0 Å². The molecule has 2 heterocycles. The fourth-order valence-electron chi connectivity index (χ4n) is 3.57. The van der Waals surface area contributed by atoms with Crippen molar-refractivity contribution in [2.75, 3.05) is 11.4 Å². The molecule has 0 radical (unpaired) electrons. The molecule has 1 aliphatic heterocycles. The number of hydrogen-bond acceptors (Lipinski definition) is 3. The Morgan fingerprint density at radius 1 is 1.19 bits per heavy atom. The summed E-state index contributed by atoms with van der Waals surface area (Å²) in [5.41, 5.74) is 5.02. The first-order chi connectivity index (χ1) is 12.8. The van der Waals surface area contributed by atoms with E-state index in [4.69, 9.17) is 0 Å². The molecule has 1 saturated heterocycles. The zero-order valence-corrected chi connectivity index (χ0v) is 16.2. The van der Waals surface area contributed by atoms with Crippen LogP contribution < -0.4 is 15.8 Å². The topological polar surface area (TPSA) is 82.3 Å². The summed E-state index contributed by atoms with van der Waals surface area (Å²) in [4.78, 5) is 41.6. The van der Waals surface area contributed by atoms with Crippen LogP contribution in [0.1, 0.15) is 34.4 Å². The minimum absolute atomic E-state index is 0.0480. The number of nitrogens with one attached hydrogen (secondary N) is 2. The Balaban J connectivity index is 1.70. The number of nitrogens with zero attached hydrogens (tertiary/aromatic N) is 1. The van der Waals surface area contributed by atoms with E-state index in [1.807, 2.05) is 52.0 Å². The van der Waals surface area contributed by atoms with Crippen molar-refractivity contribution in [1.29, 1.82) is 0 Å². The van der Waals surface area contributed by atoms with Crippen LogP contribution in [0.4, 0.5) is 5.69 Å². The summed E-state index contributed by atoms with van der Waals surface area (Å²) < 4.78 is 0. The van der Waals surface area contributed by atoms with E-state index in [1.54, 1.807) is 4.90 Å². The van der Waals surface area contributed by atoms with E-state index in [1.165, 1.54) is 0 Å². The van der Waals surface area contributed by atoms with Crippen molar-refractivity contribution in [2.45, 2.75) is 40.7 Å². The second kappa shape index (κ2) is 7.39. The summed E-state index contributed by atoms with van der Waals surface area (Å²) in [7, 11) is 0. The number of carbonyl (C=O) groups excluding carboxylic acids is 2. The molecule has 6 nitrogen and oxygen atoms in total. The SMILES string of the molecule is Cc1cc(C)c(CNC(=O)C2CC(=O)N(c3cccc(C)c3C)C2)c(=O)[nH]1. The van der Waals surface area contributed by atoms with Gasteiger partial charge in [0.15, 0.2) is 0 Å². The predicted octanol–water partition coefficient (Wildman–Crippen LogP) is 2.28. The van der Waals surface area contributed by atoms with Gasteiger partial charge in [-0.25, -0.2) is 0 Å². The molecule has 0 bridgehead atoms. The van der Waals surface area contributed by atoms with E-state index in [0.717, 1.165) is 28.1 Å². The van der Waals surface area contributed by atoms with Crippen LogP contribution >= 0.6 is 0 Å². The van der Waals surface area contributed by atoms with Crippen molar-refractivity contribution >= 4 is 17.5 Å². The summed E-state index contributed by atoms with van der Waals surface area (Å²) in [6, 6.07) is 7.72. The molecule has 142 valence electrons. The van der Waals surface area contributed by atoms with E-state index in [2.05, 4.69) is 10.3 Å². The largest absolute Gasteiger partial charge is 0.351 e. The molecule has 2 amide bonds. The number of hydrogen-bond donors (Lipinski definition) is 2. The Bertz CT molecular complexity index is 962. The molecule has 1 aromatic carbocycles. The average Bonchev–Trinajstić information content (AvgIpc) is 2.98. The number of aromatic nitrogens is 1. The molecule has 1 unspecified atom stereocenters. The van der Waals surface area contributed by atoms with Gasteiger partial charge in [0.25, 0.3) is 5.56 Å². The highest BCUT2D eigenvalue weighted by molar-refractivity contribution is 6.00. The van der Waals surface area contributed by atoms with Gasteiger partial charge in [0.1, 0.15) is 0 Å². The monoisotopic (exact) mass is 367 g/mol. The zero-order valence-electron chi connectivity index (χ0n) is 16.2. The van der Waals surface area contributed by atoms with Crippen LogP contribution in [0.2, 0.25) is 0 Å². The van der Waals surface area contributed by atoms with Crippen LogP contribution in [0, 0.1) is 33.6 Å². The molecule has 6 heteroatoms. The summed E-state index contributed by atoms with van der Waals surface area (Å²) in [6.07, 6.45) is 0.183. The number of rotatable bonds is 4. The molecule has 2 N–H and O–H groups in total. The molecule has 1 atom stereocenters. The lowest BCUT2D eigenvalue weighted by Crippen LogP contribution is -2.34. The Morgan fingerprint density at radius 3 is 2.63 bits per heavy atom. The van der Waals surface area contributed by atoms with Crippen LogP contribution in [0.15, 0.2) is 29.1 Å². The molecule has 1 aromatic heterocycles. The molecule has 1 fully saturated rings. The van der Waals surface area contributed by atoms with Crippen molar-refractivity contribution in [3.05, 3.63) is 62.6 Å². The van der Waals surface area contributed by atoms with Gasteiger partial charge < -0.3 is 15.2 Å². The number of pyridine rings is 1. The molecule has 0 aliphatic carbocycles. The summed E-state index contributed by atoms with van der Waals surface area (Å²) >= 11 is 0. The Kier molecular flexibility index (Phi) is 5.17. The second-order valence-electron chi connectivity index (χ2n) is 7.29. The van der Waals surface area contributed by atoms with Crippen LogP contribution in [0.5, 0.6) is 0 Å². The van der Waals surface area contributed by atoms with Gasteiger partial charge in [0, 0.05) is 36.5 Å². The van der Waals surface area contributed by atoms with Crippen molar-refractivity contribution in [3.63, 3.8) is 0 Å². The maximum Gasteiger partial charge on any atom is 0.253 e. The van der Waals surface area contributed by atoms with E-state index in [-0.39, 0.29) is 30.3 Å². The quantitative estimate of drug-likeness (QED) is 0.870. The second-order valence-corrected chi connectivity index (χ2v) is 7.29. The number of H-pyrrole nitrogens is 1. The van der Waals surface area contributed by atoms with Crippen molar-refractivity contribution in [2.24, 2.45) is 5.92 Å².